The number of fused-ring (bicyclic) bond motifs is 1. The van der Waals surface area contributed by atoms with Crippen molar-refractivity contribution in [2.24, 2.45) is 0 Å². The van der Waals surface area contributed by atoms with Gasteiger partial charge in [-0.05, 0) is 56.0 Å². The Morgan fingerprint density at radius 1 is 0.953 bits per heavy atom. The van der Waals surface area contributed by atoms with Crippen LogP contribution in [0.4, 0.5) is 25.1 Å². The van der Waals surface area contributed by atoms with Crippen LogP contribution in [0.5, 0.6) is 0 Å². The second-order valence-electron chi connectivity index (χ2n) is 10.4. The molecule has 6 rings (SSSR count). The van der Waals surface area contributed by atoms with Crippen LogP contribution in [0.25, 0.3) is 22.3 Å². The maximum atomic E-state index is 14.2. The van der Waals surface area contributed by atoms with Crippen molar-refractivity contribution in [2.75, 3.05) is 36.2 Å². The molecule has 2 aliphatic rings. The number of halogens is 3. The molecule has 2 amide bonds. The van der Waals surface area contributed by atoms with Crippen molar-refractivity contribution in [1.82, 2.24) is 29.7 Å². The number of sulfonamides is 1. The van der Waals surface area contributed by atoms with Gasteiger partial charge in [-0.2, -0.15) is 0 Å². The highest BCUT2D eigenvalue weighted by atomic mass is 35.5. The van der Waals surface area contributed by atoms with Crippen LogP contribution in [0.2, 0.25) is 5.15 Å². The fourth-order valence-corrected chi connectivity index (χ4v) is 6.60. The van der Waals surface area contributed by atoms with Crippen LogP contribution < -0.4 is 10.0 Å². The van der Waals surface area contributed by atoms with Crippen LogP contribution in [0.3, 0.4) is 0 Å². The van der Waals surface area contributed by atoms with E-state index < -0.39 is 26.6 Å². The lowest BCUT2D eigenvalue weighted by atomic mass is 10.1. The Morgan fingerprint density at radius 3 is 2.44 bits per heavy atom. The first-order chi connectivity index (χ1) is 20.7. The summed E-state index contributed by atoms with van der Waals surface area (Å²) in [5.41, 5.74) is 1.85. The minimum absolute atomic E-state index is 0.0799. The number of aromatic nitrogens is 4. The van der Waals surface area contributed by atoms with Gasteiger partial charge in [-0.25, -0.2) is 41.9 Å². The second kappa shape index (κ2) is 11.8. The minimum atomic E-state index is -4.45. The predicted molar refractivity (Wildman–Crippen MR) is 157 cm³/mol. The third-order valence-corrected chi connectivity index (χ3v) is 9.23. The zero-order chi connectivity index (χ0) is 30.1. The number of anilines is 2. The summed E-state index contributed by atoms with van der Waals surface area (Å²) in [4.78, 5) is 33.4. The van der Waals surface area contributed by atoms with Crippen LogP contribution in [-0.2, 0) is 10.0 Å². The molecule has 0 unspecified atom stereocenters. The minimum Gasteiger partial charge on any atom is -0.365 e. The summed E-state index contributed by atoms with van der Waals surface area (Å²) in [6, 6.07) is 7.22. The predicted octanol–water partition coefficient (Wildman–Crippen LogP) is 4.91. The average Bonchev–Trinajstić information content (AvgIpc) is 3.53. The quantitative estimate of drug-likeness (QED) is 0.288. The number of piperidine rings is 1. The van der Waals surface area contributed by atoms with Crippen molar-refractivity contribution < 1.29 is 22.0 Å². The van der Waals surface area contributed by atoms with Gasteiger partial charge in [0.05, 0.1) is 16.9 Å². The van der Waals surface area contributed by atoms with Gasteiger partial charge < -0.3 is 15.1 Å². The lowest BCUT2D eigenvalue weighted by Gasteiger charge is -2.35. The number of nitrogens with zero attached hydrogens (tertiary/aromatic N) is 6. The highest BCUT2D eigenvalue weighted by Crippen LogP contribution is 2.30. The Labute approximate surface area is 251 Å². The molecule has 3 aromatic heterocycles. The molecule has 43 heavy (non-hydrogen) atoms. The van der Waals surface area contributed by atoms with Crippen LogP contribution in [-0.4, -0.2) is 76.4 Å². The topological polar surface area (TPSA) is 133 Å². The molecule has 15 heteroatoms. The van der Waals surface area contributed by atoms with E-state index >= 15 is 0 Å². The number of carbonyl (C=O) groups is 1. The highest BCUT2D eigenvalue weighted by molar-refractivity contribution is 7.92. The molecule has 0 spiro atoms. The first kappa shape index (κ1) is 28.9. The summed E-state index contributed by atoms with van der Waals surface area (Å²) in [5, 5.41) is 3.28. The number of urea groups is 1. The van der Waals surface area contributed by atoms with Crippen molar-refractivity contribution in [1.29, 1.82) is 0 Å². The third-order valence-electron chi connectivity index (χ3n) is 7.53. The summed E-state index contributed by atoms with van der Waals surface area (Å²) < 4.78 is 55.4. The fourth-order valence-electron chi connectivity index (χ4n) is 5.28. The molecule has 2 saturated heterocycles. The summed E-state index contributed by atoms with van der Waals surface area (Å²) in [6.45, 7) is 2.93. The van der Waals surface area contributed by atoms with E-state index in [-0.39, 0.29) is 22.9 Å². The van der Waals surface area contributed by atoms with Crippen molar-refractivity contribution in [3.8, 4) is 11.3 Å². The Morgan fingerprint density at radius 2 is 1.70 bits per heavy atom. The largest absolute Gasteiger partial charge is 0.365 e. The molecule has 0 aliphatic carbocycles. The molecule has 224 valence electrons. The summed E-state index contributed by atoms with van der Waals surface area (Å²) in [7, 11) is -4.45. The number of hydrogen-bond acceptors (Lipinski definition) is 8. The number of amides is 2. The van der Waals surface area contributed by atoms with Gasteiger partial charge in [-0.15, -0.1) is 0 Å². The number of pyridine rings is 2. The molecule has 0 saturated carbocycles. The molecule has 1 aromatic carbocycles. The second-order valence-corrected chi connectivity index (χ2v) is 12.4. The van der Waals surface area contributed by atoms with Crippen LogP contribution >= 0.6 is 11.6 Å². The molecular weight excluding hydrogens is 602 g/mol. The zero-order valence-corrected chi connectivity index (χ0v) is 24.4. The lowest BCUT2D eigenvalue weighted by Crippen LogP contribution is -2.47. The first-order valence-corrected chi connectivity index (χ1v) is 15.6. The highest BCUT2D eigenvalue weighted by Gasteiger charge is 2.28. The van der Waals surface area contributed by atoms with Gasteiger partial charge in [-0.3, -0.25) is 4.72 Å². The fraction of sp³-hybridized carbons (Fsp3) is 0.321. The Hall–Kier alpha value is -4.17. The number of carbonyl (C=O) groups excluding carboxylic acids is 1. The summed E-state index contributed by atoms with van der Waals surface area (Å²) >= 11 is 6.17. The van der Waals surface area contributed by atoms with Crippen molar-refractivity contribution >= 4 is 50.2 Å². The Bertz CT molecular complexity index is 1800. The van der Waals surface area contributed by atoms with E-state index in [0.717, 1.165) is 50.9 Å². The first-order valence-electron chi connectivity index (χ1n) is 13.7. The van der Waals surface area contributed by atoms with Crippen molar-refractivity contribution in [3.63, 3.8) is 0 Å². The maximum absolute atomic E-state index is 14.2. The average molecular weight is 629 g/mol. The number of likely N-dealkylation sites (tertiary alicyclic amines) is 2. The normalized spacial score (nSPS) is 16.1. The van der Waals surface area contributed by atoms with Gasteiger partial charge in [0.15, 0.2) is 11.0 Å². The molecule has 4 aromatic rings. The smallest absolute Gasteiger partial charge is 0.319 e. The molecule has 2 fully saturated rings. The van der Waals surface area contributed by atoms with Gasteiger partial charge in [0, 0.05) is 50.0 Å². The van der Waals surface area contributed by atoms with E-state index in [4.69, 9.17) is 16.6 Å². The van der Waals surface area contributed by atoms with Gasteiger partial charge in [-0.1, -0.05) is 11.6 Å². The van der Waals surface area contributed by atoms with E-state index in [1.165, 1.54) is 18.6 Å². The molecule has 11 nitrogen and oxygen atoms in total. The molecule has 2 aliphatic heterocycles. The van der Waals surface area contributed by atoms with E-state index in [1.807, 2.05) is 9.80 Å². The molecular formula is C28H27ClF2N8O3S. The monoisotopic (exact) mass is 628 g/mol. The molecule has 0 radical (unpaired) electrons. The molecule has 0 bridgehead atoms. The van der Waals surface area contributed by atoms with Gasteiger partial charge in [0.1, 0.15) is 28.4 Å². The van der Waals surface area contributed by atoms with E-state index in [1.54, 1.807) is 12.1 Å². The van der Waals surface area contributed by atoms with Crippen LogP contribution in [0.1, 0.15) is 25.7 Å². The number of nitrogens with one attached hydrogen (secondary N) is 2. The van der Waals surface area contributed by atoms with E-state index in [0.29, 0.717) is 47.3 Å². The van der Waals surface area contributed by atoms with Gasteiger partial charge in [0.2, 0.25) is 0 Å². The molecule has 2 N–H and O–H groups in total. The third kappa shape index (κ3) is 6.15. The summed E-state index contributed by atoms with van der Waals surface area (Å²) in [6.07, 6.45) is 6.49. The van der Waals surface area contributed by atoms with E-state index in [9.17, 15) is 22.0 Å². The van der Waals surface area contributed by atoms with Gasteiger partial charge in [0.25, 0.3) is 10.0 Å². The number of benzene rings is 1. The van der Waals surface area contributed by atoms with Crippen LogP contribution in [0, 0.1) is 11.6 Å². The van der Waals surface area contributed by atoms with Crippen molar-refractivity contribution in [2.45, 2.75) is 36.6 Å². The van der Waals surface area contributed by atoms with Crippen molar-refractivity contribution in [3.05, 3.63) is 65.7 Å². The van der Waals surface area contributed by atoms with E-state index in [2.05, 4.69) is 25.0 Å². The maximum Gasteiger partial charge on any atom is 0.319 e. The standard InChI is InChI=1S/C28H27ClF2N8O3S/c29-26-23(37-43(41,42)24-6-3-18(30)14-20(24)31)13-17(15-32-26)21-4-5-22-25(36-21)27(34-16-33-22)35-19-7-11-39(12-8-19)28(40)38-9-1-2-10-38/h3-6,13-16,19,37H,1-2,7-12H2,(H,33,34,35). The SMILES string of the molecule is O=C(N1CCCC1)N1CCC(Nc2ncnc3ccc(-c4cnc(Cl)c(NS(=O)(=O)c5ccc(F)cc5F)c4)nc23)CC1. The lowest BCUT2D eigenvalue weighted by molar-refractivity contribution is 0.150. The zero-order valence-electron chi connectivity index (χ0n) is 22.8. The molecule has 0 atom stereocenters. The van der Waals surface area contributed by atoms with Crippen LogP contribution in [0.15, 0.2) is 53.8 Å². The summed E-state index contributed by atoms with van der Waals surface area (Å²) in [5.74, 6) is -1.62. The van der Waals surface area contributed by atoms with Gasteiger partial charge >= 0.3 is 6.03 Å². The molecule has 5 heterocycles. The number of rotatable bonds is 6. The Kier molecular flexibility index (Phi) is 7.97. The number of hydrogen-bond donors (Lipinski definition) is 2. The Balaban J connectivity index is 1.21.